The second kappa shape index (κ2) is 6.78. The van der Waals surface area contributed by atoms with Crippen molar-refractivity contribution in [3.8, 4) is 6.07 Å². The Labute approximate surface area is 141 Å². The minimum Gasteiger partial charge on any atom is -0.465 e. The van der Waals surface area contributed by atoms with Crippen LogP contribution in [0.15, 0.2) is 24.3 Å². The van der Waals surface area contributed by atoms with E-state index < -0.39 is 11.5 Å². The van der Waals surface area contributed by atoms with E-state index in [4.69, 9.17) is 5.11 Å². The highest BCUT2D eigenvalue weighted by molar-refractivity contribution is 5.64. The first kappa shape index (κ1) is 16.7. The van der Waals surface area contributed by atoms with Crippen LogP contribution in [-0.2, 0) is 5.41 Å². The van der Waals surface area contributed by atoms with Crippen LogP contribution in [0.25, 0.3) is 0 Å². The summed E-state index contributed by atoms with van der Waals surface area (Å²) < 4.78 is 13.1. The van der Waals surface area contributed by atoms with Gasteiger partial charge in [-0.05, 0) is 49.8 Å². The van der Waals surface area contributed by atoms with Gasteiger partial charge in [0.2, 0.25) is 0 Å². The molecule has 2 fully saturated rings. The number of amides is 1. The van der Waals surface area contributed by atoms with Crippen LogP contribution in [0.3, 0.4) is 0 Å². The van der Waals surface area contributed by atoms with Gasteiger partial charge in [0, 0.05) is 25.2 Å². The first-order valence-electron chi connectivity index (χ1n) is 8.43. The van der Waals surface area contributed by atoms with E-state index in [1.165, 1.54) is 12.1 Å². The molecule has 6 heteroatoms. The average Bonchev–Trinajstić information content (AvgIpc) is 3.03. The second-order valence-electron chi connectivity index (χ2n) is 6.86. The molecule has 1 saturated heterocycles. The number of nitrogens with zero attached hydrogens (tertiary/aromatic N) is 2. The highest BCUT2D eigenvalue weighted by atomic mass is 19.1. The van der Waals surface area contributed by atoms with Crippen molar-refractivity contribution in [3.63, 3.8) is 0 Å². The Morgan fingerprint density at radius 3 is 2.54 bits per heavy atom. The summed E-state index contributed by atoms with van der Waals surface area (Å²) in [6, 6.07) is 9.15. The lowest BCUT2D eigenvalue weighted by Gasteiger charge is -2.39. The zero-order valence-electron chi connectivity index (χ0n) is 13.5. The topological polar surface area (TPSA) is 76.4 Å². The lowest BCUT2D eigenvalue weighted by atomic mass is 9.69. The molecule has 2 aliphatic rings. The smallest absolute Gasteiger partial charge is 0.404 e. The quantitative estimate of drug-likeness (QED) is 0.893. The van der Waals surface area contributed by atoms with Gasteiger partial charge in [-0.2, -0.15) is 5.26 Å². The minimum absolute atomic E-state index is 0.00208. The molecule has 0 aromatic heterocycles. The zero-order valence-corrected chi connectivity index (χ0v) is 13.5. The molecule has 1 aromatic carbocycles. The molecule has 1 heterocycles. The lowest BCUT2D eigenvalue weighted by Crippen LogP contribution is -2.43. The number of rotatable bonds is 3. The predicted molar refractivity (Wildman–Crippen MR) is 87.1 cm³/mol. The molecule has 24 heavy (non-hydrogen) atoms. The molecule has 1 atom stereocenters. The fourth-order valence-corrected chi connectivity index (χ4v) is 4.11. The normalized spacial score (nSPS) is 30.7. The van der Waals surface area contributed by atoms with Gasteiger partial charge in [-0.25, -0.2) is 9.18 Å². The molecule has 1 aliphatic carbocycles. The Balaban J connectivity index is 1.62. The number of likely N-dealkylation sites (tertiary alicyclic amines) is 1. The Kier molecular flexibility index (Phi) is 4.72. The first-order chi connectivity index (χ1) is 11.5. The largest absolute Gasteiger partial charge is 0.465 e. The van der Waals surface area contributed by atoms with E-state index in [-0.39, 0.29) is 11.9 Å². The molecule has 5 nitrogen and oxygen atoms in total. The number of nitrogens with one attached hydrogen (secondary N) is 1. The lowest BCUT2D eigenvalue weighted by molar-refractivity contribution is 0.160. The molecule has 128 valence electrons. The van der Waals surface area contributed by atoms with Crippen LogP contribution in [0, 0.1) is 17.1 Å². The summed E-state index contributed by atoms with van der Waals surface area (Å²) in [5.41, 5.74) is 0.375. The standard InChI is InChI=1S/C18H22FN3O2/c19-14-3-1-13(2-4-14)18(12-20)8-5-16(6-9-18)22-10-7-15(11-22)21-17(23)24/h1-4,15-16,21H,5-11H2,(H,23,24)/t15-,16?,18?/m0/s1. The molecule has 1 amide bonds. The van der Waals surface area contributed by atoms with Crippen molar-refractivity contribution in [1.82, 2.24) is 10.2 Å². The summed E-state index contributed by atoms with van der Waals surface area (Å²) in [5, 5.41) is 21.1. The van der Waals surface area contributed by atoms with E-state index >= 15 is 0 Å². The third-order valence-electron chi connectivity index (χ3n) is 5.48. The Morgan fingerprint density at radius 2 is 1.96 bits per heavy atom. The zero-order chi connectivity index (χ0) is 17.2. The van der Waals surface area contributed by atoms with Gasteiger partial charge >= 0.3 is 6.09 Å². The Morgan fingerprint density at radius 1 is 1.29 bits per heavy atom. The van der Waals surface area contributed by atoms with Crippen molar-refractivity contribution >= 4 is 6.09 Å². The van der Waals surface area contributed by atoms with Crippen molar-refractivity contribution in [2.75, 3.05) is 13.1 Å². The number of hydrogen-bond acceptors (Lipinski definition) is 3. The summed E-state index contributed by atoms with van der Waals surface area (Å²) in [7, 11) is 0. The fraction of sp³-hybridized carbons (Fsp3) is 0.556. The molecule has 2 N–H and O–H groups in total. The van der Waals surface area contributed by atoms with E-state index in [1.54, 1.807) is 12.1 Å². The van der Waals surface area contributed by atoms with Gasteiger partial charge < -0.3 is 10.4 Å². The monoisotopic (exact) mass is 331 g/mol. The molecule has 1 aliphatic heterocycles. The molecule has 1 aromatic rings. The summed E-state index contributed by atoms with van der Waals surface area (Å²) >= 11 is 0. The molecule has 3 rings (SSSR count). The molecular weight excluding hydrogens is 309 g/mol. The number of halogens is 1. The van der Waals surface area contributed by atoms with Gasteiger partial charge in [0.05, 0.1) is 11.5 Å². The van der Waals surface area contributed by atoms with Crippen LogP contribution < -0.4 is 5.32 Å². The Hall–Kier alpha value is -2.13. The molecule has 0 unspecified atom stereocenters. The summed E-state index contributed by atoms with van der Waals surface area (Å²) in [6.07, 6.45) is 3.20. The maximum Gasteiger partial charge on any atom is 0.404 e. The fourth-order valence-electron chi connectivity index (χ4n) is 4.11. The van der Waals surface area contributed by atoms with E-state index in [0.29, 0.717) is 6.04 Å². The third-order valence-corrected chi connectivity index (χ3v) is 5.48. The van der Waals surface area contributed by atoms with E-state index in [9.17, 15) is 14.4 Å². The van der Waals surface area contributed by atoms with Crippen molar-refractivity contribution < 1.29 is 14.3 Å². The number of carboxylic acid groups (broad SMARTS) is 1. The van der Waals surface area contributed by atoms with Crippen LogP contribution in [0.4, 0.5) is 9.18 Å². The molecule has 0 spiro atoms. The number of carbonyl (C=O) groups is 1. The van der Waals surface area contributed by atoms with Crippen LogP contribution in [0.2, 0.25) is 0 Å². The molecule has 0 bridgehead atoms. The maximum atomic E-state index is 13.1. The van der Waals surface area contributed by atoms with Gasteiger partial charge in [-0.1, -0.05) is 12.1 Å². The number of nitriles is 1. The van der Waals surface area contributed by atoms with Gasteiger partial charge in [0.25, 0.3) is 0 Å². The summed E-state index contributed by atoms with van der Waals surface area (Å²) in [4.78, 5) is 13.1. The van der Waals surface area contributed by atoms with Gasteiger partial charge in [0.15, 0.2) is 0 Å². The van der Waals surface area contributed by atoms with E-state index in [2.05, 4.69) is 16.3 Å². The van der Waals surface area contributed by atoms with Crippen LogP contribution in [0.5, 0.6) is 0 Å². The number of benzene rings is 1. The predicted octanol–water partition coefficient (Wildman–Crippen LogP) is 2.87. The minimum atomic E-state index is -0.967. The SMILES string of the molecule is N#CC1(c2ccc(F)cc2)CCC(N2CC[C@H](NC(=O)O)C2)CC1. The summed E-state index contributed by atoms with van der Waals surface area (Å²) in [6.45, 7) is 1.64. The van der Waals surface area contributed by atoms with Crippen molar-refractivity contribution in [2.24, 2.45) is 0 Å². The van der Waals surface area contributed by atoms with Crippen molar-refractivity contribution in [3.05, 3.63) is 35.6 Å². The highest BCUT2D eigenvalue weighted by Gasteiger charge is 2.40. The van der Waals surface area contributed by atoms with Gasteiger partial charge in [-0.15, -0.1) is 0 Å². The van der Waals surface area contributed by atoms with Gasteiger partial charge in [-0.3, -0.25) is 4.90 Å². The first-order valence-corrected chi connectivity index (χ1v) is 8.43. The third kappa shape index (κ3) is 3.36. The molecule has 0 radical (unpaired) electrons. The van der Waals surface area contributed by atoms with Crippen molar-refractivity contribution in [1.29, 1.82) is 5.26 Å². The van der Waals surface area contributed by atoms with E-state index in [0.717, 1.165) is 50.8 Å². The highest BCUT2D eigenvalue weighted by Crippen LogP contribution is 2.41. The Bertz CT molecular complexity index is 633. The van der Waals surface area contributed by atoms with Crippen LogP contribution in [-0.4, -0.2) is 41.3 Å². The summed E-state index contributed by atoms with van der Waals surface area (Å²) in [5.74, 6) is -0.283. The maximum absolute atomic E-state index is 13.1. The number of hydrogen-bond donors (Lipinski definition) is 2. The van der Waals surface area contributed by atoms with Crippen LogP contribution >= 0.6 is 0 Å². The molecule has 1 saturated carbocycles. The molecular formula is C18H22FN3O2. The second-order valence-corrected chi connectivity index (χ2v) is 6.86. The average molecular weight is 331 g/mol. The van der Waals surface area contributed by atoms with E-state index in [1.807, 2.05) is 0 Å². The van der Waals surface area contributed by atoms with Crippen molar-refractivity contribution in [2.45, 2.75) is 49.6 Å². The van der Waals surface area contributed by atoms with Crippen LogP contribution in [0.1, 0.15) is 37.7 Å². The van der Waals surface area contributed by atoms with Gasteiger partial charge in [0.1, 0.15) is 5.82 Å².